The number of fused-ring (bicyclic) bond motifs is 2. The zero-order valence-corrected chi connectivity index (χ0v) is 21.2. The molecule has 2 fully saturated rings. The van der Waals surface area contributed by atoms with Gasteiger partial charge in [-0.15, -0.1) is 0 Å². The molecule has 7 heteroatoms. The largest absolute Gasteiger partial charge is 0.465 e. The third-order valence-corrected chi connectivity index (χ3v) is 5.99. The van der Waals surface area contributed by atoms with Gasteiger partial charge < -0.3 is 14.6 Å². The molecule has 2 saturated heterocycles. The predicted molar refractivity (Wildman–Crippen MR) is 134 cm³/mol. The molecule has 34 heavy (non-hydrogen) atoms. The minimum Gasteiger partial charge on any atom is -0.465 e. The minimum absolute atomic E-state index is 0.0127. The minimum atomic E-state index is -0.509. The van der Waals surface area contributed by atoms with E-state index < -0.39 is 5.24 Å². The quantitative estimate of drug-likeness (QED) is 0.194. The van der Waals surface area contributed by atoms with Crippen molar-refractivity contribution in [3.63, 3.8) is 0 Å². The van der Waals surface area contributed by atoms with Gasteiger partial charge in [-0.05, 0) is 64.1 Å². The summed E-state index contributed by atoms with van der Waals surface area (Å²) in [5, 5.41) is 7.68. The van der Waals surface area contributed by atoms with Crippen molar-refractivity contribution in [3.05, 3.63) is 60.3 Å². The highest BCUT2D eigenvalue weighted by Crippen LogP contribution is 2.34. The maximum absolute atomic E-state index is 11.1. The summed E-state index contributed by atoms with van der Waals surface area (Å²) in [6.45, 7) is 14.1. The molecule has 4 rings (SSSR count). The van der Waals surface area contributed by atoms with Crippen molar-refractivity contribution in [2.75, 3.05) is 19.8 Å². The van der Waals surface area contributed by atoms with Gasteiger partial charge in [-0.1, -0.05) is 54.2 Å². The van der Waals surface area contributed by atoms with Crippen molar-refractivity contribution in [1.29, 1.82) is 0 Å². The number of aliphatic hydroxyl groups excluding tert-OH is 1. The van der Waals surface area contributed by atoms with Crippen LogP contribution < -0.4 is 0 Å². The van der Waals surface area contributed by atoms with Crippen molar-refractivity contribution in [2.45, 2.75) is 46.5 Å². The second-order valence-corrected chi connectivity index (χ2v) is 9.22. The summed E-state index contributed by atoms with van der Waals surface area (Å²) in [5.74, 6) is 1.15. The summed E-state index contributed by atoms with van der Waals surface area (Å²) in [7, 11) is 0. The number of rotatable bonds is 3. The Morgan fingerprint density at radius 3 is 1.76 bits per heavy atom. The Balaban J connectivity index is 0.000000239. The van der Waals surface area contributed by atoms with Crippen molar-refractivity contribution < 1.29 is 29.0 Å². The lowest BCUT2D eigenvalue weighted by molar-refractivity contribution is -0.142. The fourth-order valence-corrected chi connectivity index (χ4v) is 4.06. The second kappa shape index (κ2) is 15.5. The number of hydrogen-bond donors (Lipinski definition) is 1. The fourth-order valence-electron chi connectivity index (χ4n) is 4.06. The fraction of sp³-hybridized carbons (Fsp3) is 0.519. The second-order valence-electron chi connectivity index (χ2n) is 8.84. The lowest BCUT2D eigenvalue weighted by Gasteiger charge is -2.17. The van der Waals surface area contributed by atoms with E-state index >= 15 is 0 Å². The van der Waals surface area contributed by atoms with E-state index in [-0.39, 0.29) is 30.4 Å². The number of ether oxygens (including phenoxy) is 2. The molecule has 0 radical (unpaired) electrons. The molecule has 0 aromatic carbocycles. The van der Waals surface area contributed by atoms with E-state index in [1.807, 2.05) is 6.92 Å². The first kappa shape index (κ1) is 29.6. The topological polar surface area (TPSA) is 89.9 Å². The van der Waals surface area contributed by atoms with Crippen molar-refractivity contribution >= 4 is 28.8 Å². The van der Waals surface area contributed by atoms with Crippen molar-refractivity contribution in [2.24, 2.45) is 23.7 Å². The molecule has 0 unspecified atom stereocenters. The normalized spacial score (nSPS) is 26.4. The third-order valence-electron chi connectivity index (χ3n) is 5.84. The SMILES string of the molecule is C=C(C)/C=C/CO.C=CC(=O)Cl.CC1=C[C@@H]2COC(=O)[C@@H]2CC1.CC1=C[C@@H]2COC(=O)[C@@H]2CC1. The standard InChI is InChI=1S/2C9H12O2.C6H10O.C3H3ClO/c2*1-6-2-3-8-7(4-6)5-11-9(8)10;1-6(2)4-3-5-7;1-2-3(4)5/h2*4,7-8H,2-3,5H2,1H3;3-4,7H,1,5H2,2H3;2H,1H2/b;;4-3+;/t2*7-,8-;;/m11../s1. The van der Waals surface area contributed by atoms with Gasteiger partial charge in [-0.3, -0.25) is 14.4 Å². The molecule has 2 heterocycles. The summed E-state index contributed by atoms with van der Waals surface area (Å²) < 4.78 is 9.93. The van der Waals surface area contributed by atoms with Crippen LogP contribution in [0.15, 0.2) is 60.3 Å². The molecule has 0 amide bonds. The summed E-state index contributed by atoms with van der Waals surface area (Å²) in [6, 6.07) is 0. The van der Waals surface area contributed by atoms with E-state index in [0.717, 1.165) is 37.3 Å². The molecule has 4 atom stereocenters. The zero-order valence-electron chi connectivity index (χ0n) is 20.4. The van der Waals surface area contributed by atoms with E-state index in [1.54, 1.807) is 12.2 Å². The first-order chi connectivity index (χ1) is 16.1. The predicted octanol–water partition coefficient (Wildman–Crippen LogP) is 5.08. The van der Waals surface area contributed by atoms with E-state index in [2.05, 4.69) is 39.2 Å². The number of cyclic esters (lactones) is 2. The average Bonchev–Trinajstić information content (AvgIpc) is 3.35. The molecule has 0 aromatic heterocycles. The molecule has 1 N–H and O–H groups in total. The van der Waals surface area contributed by atoms with Gasteiger partial charge >= 0.3 is 11.9 Å². The van der Waals surface area contributed by atoms with Crippen LogP contribution in [0.25, 0.3) is 0 Å². The smallest absolute Gasteiger partial charge is 0.309 e. The number of carbonyl (C=O) groups excluding carboxylic acids is 3. The van der Waals surface area contributed by atoms with E-state index in [0.29, 0.717) is 25.0 Å². The van der Waals surface area contributed by atoms with Gasteiger partial charge in [0.05, 0.1) is 31.7 Å². The number of allylic oxidation sites excluding steroid dienone is 5. The number of halogens is 1. The zero-order chi connectivity index (χ0) is 25.7. The summed E-state index contributed by atoms with van der Waals surface area (Å²) in [4.78, 5) is 31.6. The van der Waals surface area contributed by atoms with Crippen LogP contribution in [-0.2, 0) is 23.9 Å². The Morgan fingerprint density at radius 1 is 1.06 bits per heavy atom. The number of carbonyl (C=O) groups is 3. The Hall–Kier alpha value is -2.44. The molecule has 0 spiro atoms. The lowest BCUT2D eigenvalue weighted by atomic mass is 9.83. The highest BCUT2D eigenvalue weighted by Gasteiger charge is 2.37. The van der Waals surface area contributed by atoms with E-state index in [4.69, 9.17) is 26.2 Å². The van der Waals surface area contributed by atoms with Gasteiger partial charge in [0, 0.05) is 11.8 Å². The highest BCUT2D eigenvalue weighted by molar-refractivity contribution is 6.66. The first-order valence-corrected chi connectivity index (χ1v) is 11.9. The third kappa shape index (κ3) is 10.7. The highest BCUT2D eigenvalue weighted by atomic mass is 35.5. The molecule has 2 aliphatic carbocycles. The molecule has 0 saturated carbocycles. The Bertz CT molecular complexity index is 790. The van der Waals surface area contributed by atoms with Gasteiger partial charge in [0.25, 0.3) is 0 Å². The first-order valence-electron chi connectivity index (χ1n) is 11.5. The molecule has 0 aromatic rings. The van der Waals surface area contributed by atoms with Crippen LogP contribution in [-0.4, -0.2) is 42.1 Å². The molecule has 188 valence electrons. The van der Waals surface area contributed by atoms with Crippen LogP contribution in [0, 0.1) is 23.7 Å². The lowest BCUT2D eigenvalue weighted by Crippen LogP contribution is -2.17. The number of esters is 2. The summed E-state index contributed by atoms with van der Waals surface area (Å²) >= 11 is 4.71. The van der Waals surface area contributed by atoms with Gasteiger partial charge in [-0.2, -0.15) is 0 Å². The maximum atomic E-state index is 11.1. The summed E-state index contributed by atoms with van der Waals surface area (Å²) in [6.07, 6.45) is 13.0. The van der Waals surface area contributed by atoms with Crippen LogP contribution in [0.2, 0.25) is 0 Å². The number of aliphatic hydroxyl groups is 1. The Morgan fingerprint density at radius 2 is 1.47 bits per heavy atom. The van der Waals surface area contributed by atoms with Crippen LogP contribution in [0.1, 0.15) is 46.5 Å². The molecular weight excluding hydrogens is 456 g/mol. The summed E-state index contributed by atoms with van der Waals surface area (Å²) in [5.41, 5.74) is 3.78. The van der Waals surface area contributed by atoms with Gasteiger partial charge in [0.15, 0.2) is 0 Å². The number of hydrogen-bond acceptors (Lipinski definition) is 6. The van der Waals surface area contributed by atoms with Gasteiger partial charge in [-0.25, -0.2) is 0 Å². The van der Waals surface area contributed by atoms with Crippen molar-refractivity contribution in [3.8, 4) is 0 Å². The average molecular weight is 493 g/mol. The van der Waals surface area contributed by atoms with Crippen molar-refractivity contribution in [1.82, 2.24) is 0 Å². The Labute approximate surface area is 208 Å². The molecular formula is C27H37ClO6. The molecule has 4 aliphatic rings. The van der Waals surface area contributed by atoms with Crippen LogP contribution in [0.3, 0.4) is 0 Å². The Kier molecular flexibility index (Phi) is 13.5. The molecule has 6 nitrogen and oxygen atoms in total. The molecule has 2 aliphatic heterocycles. The van der Waals surface area contributed by atoms with Crippen LogP contribution >= 0.6 is 11.6 Å². The van der Waals surface area contributed by atoms with Crippen LogP contribution in [0.4, 0.5) is 0 Å². The van der Waals surface area contributed by atoms with Gasteiger partial charge in [0.2, 0.25) is 5.24 Å². The monoisotopic (exact) mass is 492 g/mol. The van der Waals surface area contributed by atoms with Gasteiger partial charge in [0.1, 0.15) is 0 Å². The van der Waals surface area contributed by atoms with E-state index in [9.17, 15) is 14.4 Å². The maximum Gasteiger partial charge on any atom is 0.309 e. The van der Waals surface area contributed by atoms with E-state index in [1.165, 1.54) is 11.1 Å². The molecule has 0 bridgehead atoms. The van der Waals surface area contributed by atoms with Crippen LogP contribution in [0.5, 0.6) is 0 Å².